The molecule has 0 saturated carbocycles. The molecule has 0 bridgehead atoms. The number of nitrogens with zero attached hydrogens (tertiary/aromatic N) is 4. The van der Waals surface area contributed by atoms with E-state index in [1.54, 1.807) is 12.7 Å². The maximum Gasteiger partial charge on any atom is 0.141 e. The Morgan fingerprint density at radius 1 is 0.900 bits per heavy atom. The Kier molecular flexibility index (Phi) is 2.14. The van der Waals surface area contributed by atoms with Crippen molar-refractivity contribution in [3.8, 4) is 11.3 Å². The number of aryl methyl sites for hydroxylation is 2. The summed E-state index contributed by atoms with van der Waals surface area (Å²) in [5.74, 6) is 0. The highest BCUT2D eigenvalue weighted by Gasteiger charge is 2.13. The largest absolute Gasteiger partial charge is 0.345 e. The van der Waals surface area contributed by atoms with Crippen LogP contribution in [0.1, 0.15) is 11.4 Å². The molecule has 0 unspecified atom stereocenters. The van der Waals surface area contributed by atoms with Crippen molar-refractivity contribution in [1.82, 2.24) is 29.9 Å². The van der Waals surface area contributed by atoms with Crippen LogP contribution < -0.4 is 0 Å². The van der Waals surface area contributed by atoms with Gasteiger partial charge in [-0.2, -0.15) is 0 Å². The van der Waals surface area contributed by atoms with Gasteiger partial charge in [0.15, 0.2) is 0 Å². The Bertz CT molecular complexity index is 933. The van der Waals surface area contributed by atoms with Crippen molar-refractivity contribution in [3.05, 3.63) is 36.3 Å². The summed E-state index contributed by atoms with van der Waals surface area (Å²) in [5, 5.41) is 2.07. The van der Waals surface area contributed by atoms with Crippen molar-refractivity contribution < 1.29 is 0 Å². The van der Waals surface area contributed by atoms with Crippen LogP contribution in [0.25, 0.3) is 33.3 Å². The molecule has 20 heavy (non-hydrogen) atoms. The number of aromatic nitrogens is 6. The number of nitrogens with one attached hydrogen (secondary N) is 2. The molecule has 0 atom stereocenters. The summed E-state index contributed by atoms with van der Waals surface area (Å²) in [6.45, 7) is 3.96. The molecular formula is C14H12N6. The highest BCUT2D eigenvalue weighted by Crippen LogP contribution is 2.30. The van der Waals surface area contributed by atoms with Crippen LogP contribution in [-0.4, -0.2) is 29.9 Å². The lowest BCUT2D eigenvalue weighted by molar-refractivity contribution is 1.14. The van der Waals surface area contributed by atoms with Crippen molar-refractivity contribution in [1.29, 1.82) is 0 Å². The quantitative estimate of drug-likeness (QED) is 0.553. The molecule has 0 aliphatic carbocycles. The van der Waals surface area contributed by atoms with Gasteiger partial charge in [0.1, 0.15) is 23.9 Å². The minimum Gasteiger partial charge on any atom is -0.345 e. The smallest absolute Gasteiger partial charge is 0.141 e. The van der Waals surface area contributed by atoms with Crippen molar-refractivity contribution in [2.75, 3.05) is 0 Å². The van der Waals surface area contributed by atoms with Gasteiger partial charge in [-0.1, -0.05) is 0 Å². The van der Waals surface area contributed by atoms with E-state index in [0.29, 0.717) is 0 Å². The van der Waals surface area contributed by atoms with E-state index in [1.165, 1.54) is 0 Å². The van der Waals surface area contributed by atoms with Crippen LogP contribution in [0.4, 0.5) is 0 Å². The molecule has 4 aromatic heterocycles. The molecule has 0 saturated heterocycles. The molecule has 0 radical (unpaired) electrons. The van der Waals surface area contributed by atoms with Crippen molar-refractivity contribution in [3.63, 3.8) is 0 Å². The summed E-state index contributed by atoms with van der Waals surface area (Å²) in [7, 11) is 0. The van der Waals surface area contributed by atoms with Gasteiger partial charge in [-0.15, -0.1) is 0 Å². The second kappa shape index (κ2) is 3.86. The molecule has 2 N–H and O–H groups in total. The number of H-pyrrole nitrogens is 2. The highest BCUT2D eigenvalue weighted by atomic mass is 14.9. The lowest BCUT2D eigenvalue weighted by Gasteiger charge is -1.97. The third kappa shape index (κ3) is 1.45. The lowest BCUT2D eigenvalue weighted by atomic mass is 10.1. The average molecular weight is 264 g/mol. The molecule has 0 spiro atoms. The second-order valence-electron chi connectivity index (χ2n) is 4.79. The maximum atomic E-state index is 4.27. The first kappa shape index (κ1) is 11.1. The summed E-state index contributed by atoms with van der Waals surface area (Å²) in [4.78, 5) is 23.5. The van der Waals surface area contributed by atoms with Crippen LogP contribution in [0.2, 0.25) is 0 Å². The second-order valence-corrected chi connectivity index (χ2v) is 4.79. The van der Waals surface area contributed by atoms with Gasteiger partial charge in [-0.3, -0.25) is 0 Å². The first-order chi connectivity index (χ1) is 9.74. The summed E-state index contributed by atoms with van der Waals surface area (Å²) < 4.78 is 0. The molecular weight excluding hydrogens is 252 g/mol. The number of fused-ring (bicyclic) bond motifs is 2. The van der Waals surface area contributed by atoms with Gasteiger partial charge in [0.2, 0.25) is 0 Å². The fraction of sp³-hybridized carbons (Fsp3) is 0.143. The minimum absolute atomic E-state index is 0.842. The topological polar surface area (TPSA) is 83.1 Å². The zero-order valence-corrected chi connectivity index (χ0v) is 11.1. The molecule has 4 heterocycles. The predicted octanol–water partition coefficient (Wildman–Crippen LogP) is 2.51. The number of hydrogen-bond acceptors (Lipinski definition) is 4. The van der Waals surface area contributed by atoms with Gasteiger partial charge in [0, 0.05) is 22.5 Å². The fourth-order valence-corrected chi connectivity index (χ4v) is 2.54. The Morgan fingerprint density at radius 2 is 1.65 bits per heavy atom. The van der Waals surface area contributed by atoms with E-state index >= 15 is 0 Å². The van der Waals surface area contributed by atoms with E-state index in [2.05, 4.69) is 36.0 Å². The van der Waals surface area contributed by atoms with Gasteiger partial charge >= 0.3 is 0 Å². The van der Waals surface area contributed by atoms with Crippen LogP contribution in [0.15, 0.2) is 24.9 Å². The van der Waals surface area contributed by atoms with Crippen LogP contribution in [0, 0.1) is 13.8 Å². The molecule has 0 aliphatic rings. The van der Waals surface area contributed by atoms with E-state index in [1.807, 2.05) is 20.0 Å². The number of rotatable bonds is 1. The first-order valence-corrected chi connectivity index (χ1v) is 6.33. The number of hydrogen-bond donors (Lipinski definition) is 2. The molecule has 0 aromatic carbocycles. The first-order valence-electron chi connectivity index (χ1n) is 6.33. The van der Waals surface area contributed by atoms with E-state index in [0.717, 1.165) is 44.7 Å². The van der Waals surface area contributed by atoms with Gasteiger partial charge in [0.05, 0.1) is 17.1 Å². The summed E-state index contributed by atoms with van der Waals surface area (Å²) in [6.07, 6.45) is 5.08. The summed E-state index contributed by atoms with van der Waals surface area (Å²) in [6, 6.07) is 2.07. The van der Waals surface area contributed by atoms with Crippen molar-refractivity contribution >= 4 is 22.1 Å². The van der Waals surface area contributed by atoms with E-state index in [9.17, 15) is 0 Å². The van der Waals surface area contributed by atoms with Gasteiger partial charge in [0.25, 0.3) is 0 Å². The summed E-state index contributed by atoms with van der Waals surface area (Å²) in [5.41, 5.74) is 5.64. The van der Waals surface area contributed by atoms with Crippen LogP contribution in [0.5, 0.6) is 0 Å². The van der Waals surface area contributed by atoms with E-state index < -0.39 is 0 Å². The Hall–Kier alpha value is -2.76. The van der Waals surface area contributed by atoms with E-state index in [4.69, 9.17) is 0 Å². The molecule has 0 aliphatic heterocycles. The van der Waals surface area contributed by atoms with Crippen LogP contribution in [-0.2, 0) is 0 Å². The third-order valence-electron chi connectivity index (χ3n) is 3.57. The number of aromatic amines is 2. The van der Waals surface area contributed by atoms with E-state index in [-0.39, 0.29) is 0 Å². The minimum atomic E-state index is 0.842. The predicted molar refractivity (Wildman–Crippen MR) is 76.2 cm³/mol. The molecule has 6 heteroatoms. The molecule has 0 amide bonds. The van der Waals surface area contributed by atoms with Crippen molar-refractivity contribution in [2.45, 2.75) is 13.8 Å². The van der Waals surface area contributed by atoms with Gasteiger partial charge < -0.3 is 9.97 Å². The standard InChI is InChI=1S/C14H12N6/c1-7-9-3-11(20-13(9)18-5-16-7)10-4-15-14-12(10)8(2)17-6-19-14/h3-6H,1-2H3,(H,15,17,19)(H,16,18,20). The summed E-state index contributed by atoms with van der Waals surface area (Å²) >= 11 is 0. The monoisotopic (exact) mass is 264 g/mol. The Balaban J connectivity index is 2.04. The van der Waals surface area contributed by atoms with Gasteiger partial charge in [-0.05, 0) is 19.9 Å². The average Bonchev–Trinajstić information content (AvgIpc) is 3.03. The zero-order chi connectivity index (χ0) is 13.7. The molecule has 4 rings (SSSR count). The van der Waals surface area contributed by atoms with Crippen molar-refractivity contribution in [2.24, 2.45) is 0 Å². The lowest BCUT2D eigenvalue weighted by Crippen LogP contribution is -1.86. The fourth-order valence-electron chi connectivity index (χ4n) is 2.54. The highest BCUT2D eigenvalue weighted by molar-refractivity contribution is 5.97. The van der Waals surface area contributed by atoms with Crippen LogP contribution >= 0.6 is 0 Å². The Morgan fingerprint density at radius 3 is 2.45 bits per heavy atom. The van der Waals surface area contributed by atoms with Gasteiger partial charge in [-0.25, -0.2) is 19.9 Å². The molecule has 98 valence electrons. The third-order valence-corrected chi connectivity index (χ3v) is 3.57. The van der Waals surface area contributed by atoms with Crippen LogP contribution in [0.3, 0.4) is 0 Å². The SMILES string of the molecule is Cc1ncnc2[nH]c(-c3c[nH]c4ncnc(C)c34)cc12. The molecule has 4 aromatic rings. The molecule has 6 nitrogen and oxygen atoms in total. The zero-order valence-electron chi connectivity index (χ0n) is 11.1. The Labute approximate surface area is 114 Å². The normalized spacial score (nSPS) is 11.5. The maximum absolute atomic E-state index is 4.27. The molecule has 0 fully saturated rings.